The fraction of sp³-hybridized carbons (Fsp3) is 0.311. The molecule has 5 aromatic rings. The van der Waals surface area contributed by atoms with Gasteiger partial charge < -0.3 is 39.9 Å². The number of aryl methyl sites for hydroxylation is 1. The van der Waals surface area contributed by atoms with Gasteiger partial charge in [0.1, 0.15) is 23.8 Å². The third-order valence-corrected chi connectivity index (χ3v) is 11.6. The number of pyridine rings is 1. The fourth-order valence-electron chi connectivity index (χ4n) is 8.50. The van der Waals surface area contributed by atoms with Crippen molar-refractivity contribution in [3.63, 3.8) is 0 Å². The number of phenolic OH excluding ortho intramolecular Hbond substituents is 1. The molecule has 3 aliphatic heterocycles. The van der Waals surface area contributed by atoms with Crippen molar-refractivity contribution < 1.29 is 24.3 Å². The Morgan fingerprint density at radius 1 is 0.917 bits per heavy atom. The maximum atomic E-state index is 14.7. The van der Waals surface area contributed by atoms with Crippen LogP contribution in [-0.2, 0) is 36.1 Å². The third-order valence-electron chi connectivity index (χ3n) is 11.6. The van der Waals surface area contributed by atoms with Crippen LogP contribution in [0.15, 0.2) is 110 Å². The summed E-state index contributed by atoms with van der Waals surface area (Å²) in [5.74, 6) is 0.119. The molecule has 3 aromatic carbocycles. The van der Waals surface area contributed by atoms with Crippen LogP contribution in [0.25, 0.3) is 10.9 Å². The molecule has 0 aliphatic carbocycles. The van der Waals surface area contributed by atoms with Gasteiger partial charge in [-0.05, 0) is 48.0 Å². The Morgan fingerprint density at radius 3 is 2.40 bits per heavy atom. The molecule has 15 nitrogen and oxygen atoms in total. The molecule has 0 bridgehead atoms. The first-order valence-corrected chi connectivity index (χ1v) is 20.2. The first kappa shape index (κ1) is 40.1. The molecule has 5 heterocycles. The van der Waals surface area contributed by atoms with Crippen molar-refractivity contribution in [3.8, 4) is 5.75 Å². The number of hydrazine groups is 1. The molecule has 0 saturated carbocycles. The molecule has 8 rings (SSSR count). The van der Waals surface area contributed by atoms with Crippen molar-refractivity contribution >= 4 is 46.2 Å². The molecule has 1 unspecified atom stereocenters. The number of carbonyl (C=O) groups excluding carboxylic acids is 4. The van der Waals surface area contributed by atoms with Gasteiger partial charge in [-0.3, -0.25) is 14.4 Å². The highest BCUT2D eigenvalue weighted by Crippen LogP contribution is 2.32. The van der Waals surface area contributed by atoms with E-state index in [4.69, 9.17) is 0 Å². The molecule has 310 valence electrons. The second-order valence-electron chi connectivity index (χ2n) is 15.6. The van der Waals surface area contributed by atoms with Gasteiger partial charge in [-0.2, -0.15) is 0 Å². The summed E-state index contributed by atoms with van der Waals surface area (Å²) in [5.41, 5.74) is 4.29. The van der Waals surface area contributed by atoms with E-state index in [1.54, 1.807) is 62.6 Å². The van der Waals surface area contributed by atoms with E-state index in [2.05, 4.69) is 39.0 Å². The number of hydrogen-bond acceptors (Lipinski definition) is 9. The average molecular weight is 811 g/mol. The Labute approximate surface area is 349 Å². The standard InChI is InChI=1S/C45H50N10O5/c1-4-19-53-30-41(57)54-38(24-31-13-16-35(56)17-14-31)44(59)52(29-40(54)55(53)45(60)47-25-32-9-6-5-7-10-32)27-33-11-8-12-36-37(28-50(3)42(33)36)43(58)48-34-15-18-39(46-26-34)51-22-20-49(2)21-23-51/h4-18,26,28,38,40,56H,1,19-25,27,29-30H2,2-3H3,(H,47,60)(H,48,58)/t38-,40?/m0/s1. The quantitative estimate of drug-likeness (QED) is 0.168. The van der Waals surface area contributed by atoms with Crippen molar-refractivity contribution in [3.05, 3.63) is 132 Å². The Bertz CT molecular complexity index is 2380. The van der Waals surface area contributed by atoms with Gasteiger partial charge >= 0.3 is 6.03 Å². The van der Waals surface area contributed by atoms with Gasteiger partial charge in [-0.15, -0.1) is 6.58 Å². The zero-order chi connectivity index (χ0) is 41.9. The van der Waals surface area contributed by atoms with E-state index in [9.17, 15) is 24.3 Å². The van der Waals surface area contributed by atoms with E-state index in [1.165, 1.54) is 0 Å². The predicted molar refractivity (Wildman–Crippen MR) is 229 cm³/mol. The van der Waals surface area contributed by atoms with Crippen molar-refractivity contribution in [1.82, 2.24) is 39.6 Å². The zero-order valence-electron chi connectivity index (χ0n) is 33.9. The Kier molecular flexibility index (Phi) is 11.5. The van der Waals surface area contributed by atoms with Gasteiger partial charge in [0.05, 0.1) is 36.1 Å². The van der Waals surface area contributed by atoms with E-state index in [1.807, 2.05) is 72.3 Å². The topological polar surface area (TPSA) is 150 Å². The number of rotatable bonds is 11. The van der Waals surface area contributed by atoms with Crippen LogP contribution in [0.5, 0.6) is 5.75 Å². The Hall–Kier alpha value is -6.71. The van der Waals surface area contributed by atoms with Gasteiger partial charge in [0, 0.05) is 70.9 Å². The van der Waals surface area contributed by atoms with Crippen molar-refractivity contribution in [1.29, 1.82) is 0 Å². The Morgan fingerprint density at radius 2 is 1.68 bits per heavy atom. The highest BCUT2D eigenvalue weighted by atomic mass is 16.3. The van der Waals surface area contributed by atoms with Crippen LogP contribution in [-0.4, -0.2) is 128 Å². The second kappa shape index (κ2) is 17.3. The van der Waals surface area contributed by atoms with E-state index in [0.29, 0.717) is 16.6 Å². The number of urea groups is 1. The number of carbonyl (C=O) groups is 4. The van der Waals surface area contributed by atoms with Crippen molar-refractivity contribution in [2.24, 2.45) is 7.05 Å². The molecule has 0 spiro atoms. The minimum Gasteiger partial charge on any atom is -0.508 e. The summed E-state index contributed by atoms with van der Waals surface area (Å²) < 4.78 is 1.89. The second-order valence-corrected chi connectivity index (χ2v) is 15.6. The van der Waals surface area contributed by atoms with Crippen LogP contribution in [0, 0.1) is 0 Å². The van der Waals surface area contributed by atoms with Gasteiger partial charge in [0.2, 0.25) is 11.8 Å². The number of benzene rings is 3. The lowest BCUT2D eigenvalue weighted by molar-refractivity contribution is -0.189. The van der Waals surface area contributed by atoms with Crippen molar-refractivity contribution in [2.45, 2.75) is 31.7 Å². The van der Waals surface area contributed by atoms with Crippen LogP contribution >= 0.6 is 0 Å². The SMILES string of the molecule is C=CCN1CC(=O)N2C(CN(Cc3cccc4c(C(=O)Nc5ccc(N6CCN(C)CC6)nc5)cn(C)c34)C(=O)[C@@H]2Cc2ccc(O)cc2)N1C(=O)NCc1ccccc1. The largest absolute Gasteiger partial charge is 0.508 e. The number of piperazine rings is 2. The highest BCUT2D eigenvalue weighted by molar-refractivity contribution is 6.13. The van der Waals surface area contributed by atoms with Gasteiger partial charge in [-0.1, -0.05) is 66.7 Å². The molecule has 3 fully saturated rings. The summed E-state index contributed by atoms with van der Waals surface area (Å²) in [6.45, 7) is 8.16. The minimum atomic E-state index is -0.943. The molecule has 2 atom stereocenters. The summed E-state index contributed by atoms with van der Waals surface area (Å²) in [6.07, 6.45) is 4.44. The monoisotopic (exact) mass is 810 g/mol. The summed E-state index contributed by atoms with van der Waals surface area (Å²) in [5, 5.41) is 20.0. The number of nitrogens with zero attached hydrogens (tertiary/aromatic N) is 8. The molecule has 60 heavy (non-hydrogen) atoms. The number of likely N-dealkylation sites (N-methyl/N-ethyl adjacent to an activating group) is 1. The molecular weight excluding hydrogens is 761 g/mol. The molecule has 3 saturated heterocycles. The maximum absolute atomic E-state index is 14.7. The van der Waals surface area contributed by atoms with Crippen LogP contribution in [0.3, 0.4) is 0 Å². The first-order chi connectivity index (χ1) is 29.1. The van der Waals surface area contributed by atoms with Crippen LogP contribution < -0.4 is 15.5 Å². The molecule has 0 radical (unpaired) electrons. The molecule has 15 heteroatoms. The number of para-hydroxylation sites is 1. The summed E-state index contributed by atoms with van der Waals surface area (Å²) in [4.78, 5) is 69.2. The van der Waals surface area contributed by atoms with Gasteiger partial charge in [0.15, 0.2) is 0 Å². The van der Waals surface area contributed by atoms with Gasteiger partial charge in [-0.25, -0.2) is 19.8 Å². The third kappa shape index (κ3) is 8.26. The first-order valence-electron chi connectivity index (χ1n) is 20.2. The Balaban J connectivity index is 1.08. The number of nitrogens with one attached hydrogen (secondary N) is 2. The van der Waals surface area contributed by atoms with Crippen LogP contribution in [0.2, 0.25) is 0 Å². The molecular formula is C45H50N10O5. The van der Waals surface area contributed by atoms with E-state index in [-0.39, 0.29) is 62.6 Å². The number of aromatic hydroxyl groups is 1. The molecule has 2 aromatic heterocycles. The van der Waals surface area contributed by atoms with Gasteiger partial charge in [0.25, 0.3) is 5.91 Å². The van der Waals surface area contributed by atoms with E-state index >= 15 is 0 Å². The number of aromatic nitrogens is 2. The number of hydrogen-bond donors (Lipinski definition) is 3. The number of amides is 5. The fourth-order valence-corrected chi connectivity index (χ4v) is 8.50. The number of anilines is 2. The van der Waals surface area contributed by atoms with Crippen LogP contribution in [0.4, 0.5) is 16.3 Å². The predicted octanol–water partition coefficient (Wildman–Crippen LogP) is 4.02. The summed E-state index contributed by atoms with van der Waals surface area (Å²) in [6, 6.07) is 24.3. The lowest BCUT2D eigenvalue weighted by Gasteiger charge is -2.55. The zero-order valence-corrected chi connectivity index (χ0v) is 33.9. The maximum Gasteiger partial charge on any atom is 0.334 e. The normalized spacial score (nSPS) is 18.8. The molecule has 3 aliphatic rings. The molecule has 3 N–H and O–H groups in total. The number of phenols is 1. The smallest absolute Gasteiger partial charge is 0.334 e. The number of fused-ring (bicyclic) bond motifs is 2. The lowest BCUT2D eigenvalue weighted by atomic mass is 9.98. The van der Waals surface area contributed by atoms with Crippen LogP contribution in [0.1, 0.15) is 27.0 Å². The van der Waals surface area contributed by atoms with E-state index in [0.717, 1.165) is 54.2 Å². The summed E-state index contributed by atoms with van der Waals surface area (Å²) in [7, 11) is 3.98. The minimum absolute atomic E-state index is 0.0360. The average Bonchev–Trinajstić information content (AvgIpc) is 3.60. The summed E-state index contributed by atoms with van der Waals surface area (Å²) >= 11 is 0. The molecule has 5 amide bonds. The lowest BCUT2D eigenvalue weighted by Crippen LogP contribution is -2.76. The van der Waals surface area contributed by atoms with Crippen molar-refractivity contribution in [2.75, 3.05) is 63.1 Å². The van der Waals surface area contributed by atoms with E-state index < -0.39 is 18.2 Å². The highest BCUT2D eigenvalue weighted by Gasteiger charge is 2.51.